The summed E-state index contributed by atoms with van der Waals surface area (Å²) in [6, 6.07) is 6.92. The van der Waals surface area contributed by atoms with Crippen LogP contribution in [0.2, 0.25) is 0 Å². The fourth-order valence-electron chi connectivity index (χ4n) is 1.98. The quantitative estimate of drug-likeness (QED) is 0.711. The molecule has 0 aliphatic rings. The van der Waals surface area contributed by atoms with E-state index in [4.69, 9.17) is 0 Å². The van der Waals surface area contributed by atoms with Crippen LogP contribution < -0.4 is 10.6 Å². The van der Waals surface area contributed by atoms with Gasteiger partial charge in [0.1, 0.15) is 22.9 Å². The second kappa shape index (κ2) is 7.49. The van der Waals surface area contributed by atoms with Gasteiger partial charge in [0, 0.05) is 10.3 Å². The minimum atomic E-state index is -0.969. The summed E-state index contributed by atoms with van der Waals surface area (Å²) in [6.45, 7) is 0.371. The van der Waals surface area contributed by atoms with E-state index in [9.17, 15) is 18.4 Å². The lowest BCUT2D eigenvalue weighted by molar-refractivity contribution is 0.0945. The molecule has 3 aromatic rings. The standard InChI is InChI=1S/C16H11F2N3O2S2/c17-10-4-1-5-11(18)13(10)15(23)21-16-20-12(8-25-16)14(22)19-7-9-3-2-6-24-9/h1-6,8H,7H2,(H,19,22)(H,20,21,23). The summed E-state index contributed by atoms with van der Waals surface area (Å²) in [6.07, 6.45) is 0. The highest BCUT2D eigenvalue weighted by Crippen LogP contribution is 2.19. The van der Waals surface area contributed by atoms with E-state index >= 15 is 0 Å². The van der Waals surface area contributed by atoms with E-state index in [1.54, 1.807) is 0 Å². The number of nitrogens with one attached hydrogen (secondary N) is 2. The Morgan fingerprint density at radius 2 is 1.80 bits per heavy atom. The van der Waals surface area contributed by atoms with Crippen LogP contribution in [0.1, 0.15) is 25.7 Å². The van der Waals surface area contributed by atoms with Crippen molar-refractivity contribution >= 4 is 39.6 Å². The van der Waals surface area contributed by atoms with Crippen molar-refractivity contribution in [3.63, 3.8) is 0 Å². The van der Waals surface area contributed by atoms with Crippen molar-refractivity contribution in [2.24, 2.45) is 0 Å². The molecule has 2 amide bonds. The van der Waals surface area contributed by atoms with E-state index in [1.807, 2.05) is 17.5 Å². The molecule has 0 bridgehead atoms. The molecule has 0 unspecified atom stereocenters. The topological polar surface area (TPSA) is 71.1 Å². The molecule has 0 atom stereocenters. The molecule has 2 aromatic heterocycles. The Morgan fingerprint density at radius 1 is 1.04 bits per heavy atom. The van der Waals surface area contributed by atoms with Gasteiger partial charge in [0.25, 0.3) is 11.8 Å². The van der Waals surface area contributed by atoms with Gasteiger partial charge in [-0.3, -0.25) is 14.9 Å². The Hall–Kier alpha value is -2.65. The number of amides is 2. The summed E-state index contributed by atoms with van der Waals surface area (Å²) in [5.41, 5.74) is -0.577. The molecule has 0 radical (unpaired) electrons. The number of benzene rings is 1. The van der Waals surface area contributed by atoms with Crippen LogP contribution in [-0.4, -0.2) is 16.8 Å². The van der Waals surface area contributed by atoms with Gasteiger partial charge in [0.2, 0.25) is 0 Å². The lowest BCUT2D eigenvalue weighted by Crippen LogP contribution is -2.22. The van der Waals surface area contributed by atoms with E-state index in [0.717, 1.165) is 28.3 Å². The summed E-state index contributed by atoms with van der Waals surface area (Å²) in [5, 5.41) is 8.43. The molecule has 3 rings (SSSR count). The number of thiophene rings is 1. The Balaban J connectivity index is 1.65. The zero-order valence-electron chi connectivity index (χ0n) is 12.6. The van der Waals surface area contributed by atoms with Gasteiger partial charge in [0.15, 0.2) is 5.13 Å². The molecule has 1 aromatic carbocycles. The zero-order valence-corrected chi connectivity index (χ0v) is 14.2. The minimum absolute atomic E-state index is 0.0777. The van der Waals surface area contributed by atoms with Gasteiger partial charge < -0.3 is 5.32 Å². The number of hydrogen-bond acceptors (Lipinski definition) is 5. The van der Waals surface area contributed by atoms with Crippen molar-refractivity contribution < 1.29 is 18.4 Å². The zero-order chi connectivity index (χ0) is 17.8. The number of halogens is 2. The highest BCUT2D eigenvalue weighted by molar-refractivity contribution is 7.14. The average molecular weight is 379 g/mol. The number of carbonyl (C=O) groups is 2. The van der Waals surface area contributed by atoms with Gasteiger partial charge in [0.05, 0.1) is 6.54 Å². The average Bonchev–Trinajstić information content (AvgIpc) is 3.24. The molecule has 0 fully saturated rings. The third-order valence-corrected chi connectivity index (χ3v) is 4.78. The molecule has 9 heteroatoms. The SMILES string of the molecule is O=C(NCc1cccs1)c1csc(NC(=O)c2c(F)cccc2F)n1. The first-order valence-electron chi connectivity index (χ1n) is 7.06. The van der Waals surface area contributed by atoms with Crippen LogP contribution in [0.3, 0.4) is 0 Å². The molecular weight excluding hydrogens is 368 g/mol. The summed E-state index contributed by atoms with van der Waals surface area (Å²) in [4.78, 5) is 29.0. The van der Waals surface area contributed by atoms with Gasteiger partial charge in [-0.05, 0) is 23.6 Å². The number of carbonyl (C=O) groups excluding carboxylic acids is 2. The predicted octanol–water partition coefficient (Wildman–Crippen LogP) is 3.67. The number of nitrogens with zero attached hydrogens (tertiary/aromatic N) is 1. The van der Waals surface area contributed by atoms with E-state index in [1.165, 1.54) is 22.8 Å². The number of aromatic nitrogens is 1. The Kier molecular flexibility index (Phi) is 5.15. The van der Waals surface area contributed by atoms with Gasteiger partial charge in [-0.25, -0.2) is 13.8 Å². The van der Waals surface area contributed by atoms with Crippen LogP contribution >= 0.6 is 22.7 Å². The molecule has 0 spiro atoms. The molecular formula is C16H11F2N3O2S2. The molecule has 0 saturated heterocycles. The van der Waals surface area contributed by atoms with Gasteiger partial charge in [-0.1, -0.05) is 12.1 Å². The van der Waals surface area contributed by atoms with Crippen LogP contribution in [0.5, 0.6) is 0 Å². The van der Waals surface area contributed by atoms with Crippen LogP contribution in [0.25, 0.3) is 0 Å². The van der Waals surface area contributed by atoms with Crippen LogP contribution in [0.4, 0.5) is 13.9 Å². The van der Waals surface area contributed by atoms with E-state index in [-0.39, 0.29) is 10.8 Å². The Morgan fingerprint density at radius 3 is 2.48 bits per heavy atom. The molecule has 0 aliphatic heterocycles. The molecule has 25 heavy (non-hydrogen) atoms. The van der Waals surface area contributed by atoms with Gasteiger partial charge >= 0.3 is 0 Å². The van der Waals surface area contributed by atoms with Crippen LogP contribution in [0, 0.1) is 11.6 Å². The molecule has 2 heterocycles. The summed E-state index contributed by atoms with van der Waals surface area (Å²) >= 11 is 2.50. The van der Waals surface area contributed by atoms with Crippen LogP contribution in [-0.2, 0) is 6.54 Å². The van der Waals surface area contributed by atoms with Gasteiger partial charge in [-0.15, -0.1) is 22.7 Å². The van der Waals surface area contributed by atoms with E-state index < -0.39 is 29.0 Å². The minimum Gasteiger partial charge on any atom is -0.346 e. The highest BCUT2D eigenvalue weighted by Gasteiger charge is 2.19. The monoisotopic (exact) mass is 379 g/mol. The predicted molar refractivity (Wildman–Crippen MR) is 91.9 cm³/mol. The largest absolute Gasteiger partial charge is 0.346 e. The normalized spacial score (nSPS) is 10.5. The Labute approximate surface area is 149 Å². The summed E-state index contributed by atoms with van der Waals surface area (Å²) in [7, 11) is 0. The van der Waals surface area contributed by atoms with Crippen molar-refractivity contribution in [2.45, 2.75) is 6.54 Å². The number of rotatable bonds is 5. The van der Waals surface area contributed by atoms with Gasteiger partial charge in [-0.2, -0.15) is 0 Å². The molecule has 5 nitrogen and oxygen atoms in total. The van der Waals surface area contributed by atoms with Crippen LogP contribution in [0.15, 0.2) is 41.1 Å². The van der Waals surface area contributed by atoms with E-state index in [2.05, 4.69) is 15.6 Å². The third kappa shape index (κ3) is 4.06. The number of hydrogen-bond donors (Lipinski definition) is 2. The smallest absolute Gasteiger partial charge is 0.271 e. The first kappa shape index (κ1) is 17.2. The number of anilines is 1. The summed E-state index contributed by atoms with van der Waals surface area (Å²) < 4.78 is 27.2. The lowest BCUT2D eigenvalue weighted by atomic mass is 10.2. The highest BCUT2D eigenvalue weighted by atomic mass is 32.1. The maximum atomic E-state index is 13.6. The molecule has 128 valence electrons. The van der Waals surface area contributed by atoms with Crippen molar-refractivity contribution in [1.29, 1.82) is 0 Å². The first-order chi connectivity index (χ1) is 12.0. The van der Waals surface area contributed by atoms with Crippen molar-refractivity contribution in [3.05, 3.63) is 68.9 Å². The molecule has 0 saturated carbocycles. The second-order valence-corrected chi connectivity index (χ2v) is 6.74. The fraction of sp³-hybridized carbons (Fsp3) is 0.0625. The fourth-order valence-corrected chi connectivity index (χ4v) is 3.31. The molecule has 2 N–H and O–H groups in total. The molecule has 0 aliphatic carbocycles. The summed E-state index contributed by atoms with van der Waals surface area (Å²) in [5.74, 6) is -3.30. The van der Waals surface area contributed by atoms with Crippen molar-refractivity contribution in [1.82, 2.24) is 10.3 Å². The third-order valence-electron chi connectivity index (χ3n) is 3.15. The van der Waals surface area contributed by atoms with Crippen molar-refractivity contribution in [3.8, 4) is 0 Å². The second-order valence-electron chi connectivity index (χ2n) is 4.85. The lowest BCUT2D eigenvalue weighted by Gasteiger charge is -2.04. The Bertz CT molecular complexity index is 890. The van der Waals surface area contributed by atoms with Crippen molar-refractivity contribution in [2.75, 3.05) is 5.32 Å². The number of thiazole rings is 1. The maximum Gasteiger partial charge on any atom is 0.271 e. The first-order valence-corrected chi connectivity index (χ1v) is 8.82. The maximum absolute atomic E-state index is 13.6. The van der Waals surface area contributed by atoms with E-state index in [0.29, 0.717) is 6.54 Å².